The minimum Gasteiger partial charge on any atom is -0.490 e. The van der Waals surface area contributed by atoms with E-state index in [1.165, 1.54) is 103 Å². The van der Waals surface area contributed by atoms with Gasteiger partial charge in [0.25, 0.3) is 0 Å². The molecule has 0 aliphatic heterocycles. The number of rotatable bonds is 22. The van der Waals surface area contributed by atoms with Gasteiger partial charge in [0.05, 0.1) is 18.3 Å². The fraction of sp³-hybridized carbons (Fsp3) is 0.767. The Kier molecular flexibility index (Phi) is 18.8. The maximum atomic E-state index is 11.9. The quantitative estimate of drug-likeness (QED) is 0.128. The molecule has 0 spiro atoms. The van der Waals surface area contributed by atoms with Gasteiger partial charge in [0, 0.05) is 0 Å². The molecule has 0 amide bonds. The molecule has 33 heavy (non-hydrogen) atoms. The summed E-state index contributed by atoms with van der Waals surface area (Å²) >= 11 is 0. The first-order valence-corrected chi connectivity index (χ1v) is 14.1. The molecule has 1 rings (SSSR count). The number of carbonyl (C=O) groups excluding carboxylic acids is 1. The highest BCUT2D eigenvalue weighted by Crippen LogP contribution is 2.21. The molecule has 1 aromatic carbocycles. The van der Waals surface area contributed by atoms with Crippen LogP contribution in [0.5, 0.6) is 5.75 Å². The summed E-state index contributed by atoms with van der Waals surface area (Å²) in [6, 6.07) is 7.47. The Morgan fingerprint density at radius 1 is 0.636 bits per heavy atom. The molecule has 0 aliphatic carbocycles. The smallest absolute Gasteiger partial charge is 0.338 e. The maximum absolute atomic E-state index is 11.9. The van der Waals surface area contributed by atoms with Crippen molar-refractivity contribution in [1.29, 1.82) is 0 Å². The second-order valence-corrected chi connectivity index (χ2v) is 9.51. The highest BCUT2D eigenvalue weighted by Gasteiger charge is 2.12. The number of ether oxygens (including phenoxy) is 2. The molecule has 3 nitrogen and oxygen atoms in total. The normalized spacial score (nSPS) is 11.2. The molecule has 0 N–H and O–H groups in total. The van der Waals surface area contributed by atoms with Gasteiger partial charge in [-0.05, 0) is 56.9 Å². The third kappa shape index (κ3) is 15.9. The van der Waals surface area contributed by atoms with E-state index in [0.29, 0.717) is 12.2 Å². The summed E-state index contributed by atoms with van der Waals surface area (Å²) in [4.78, 5) is 11.9. The van der Waals surface area contributed by atoms with E-state index in [9.17, 15) is 4.79 Å². The number of hydrogen-bond donors (Lipinski definition) is 0. The number of benzene rings is 1. The van der Waals surface area contributed by atoms with Crippen LogP contribution >= 0.6 is 0 Å². The third-order valence-electron chi connectivity index (χ3n) is 6.43. The van der Waals surface area contributed by atoms with Crippen molar-refractivity contribution < 1.29 is 14.3 Å². The molecule has 0 heterocycles. The fourth-order valence-corrected chi connectivity index (χ4v) is 4.35. The molecule has 0 saturated heterocycles. The Morgan fingerprint density at radius 2 is 1.06 bits per heavy atom. The van der Waals surface area contributed by atoms with Gasteiger partial charge in [0.1, 0.15) is 5.75 Å². The Labute approximate surface area is 205 Å². The van der Waals surface area contributed by atoms with E-state index in [0.717, 1.165) is 18.6 Å². The van der Waals surface area contributed by atoms with E-state index in [1.807, 2.05) is 31.2 Å². The van der Waals surface area contributed by atoms with Crippen LogP contribution in [0.3, 0.4) is 0 Å². The molecule has 0 unspecified atom stereocenters. The zero-order valence-corrected chi connectivity index (χ0v) is 22.0. The number of carbonyl (C=O) groups is 1. The van der Waals surface area contributed by atoms with Crippen LogP contribution in [-0.2, 0) is 4.74 Å². The number of unbranched alkanes of at least 4 members (excludes halogenated alkanes) is 14. The zero-order chi connectivity index (χ0) is 24.0. The summed E-state index contributed by atoms with van der Waals surface area (Å²) in [6.45, 7) is 6.78. The van der Waals surface area contributed by atoms with E-state index in [4.69, 9.17) is 9.47 Å². The summed E-state index contributed by atoms with van der Waals surface area (Å²) in [5.41, 5.74) is 0.590. The van der Waals surface area contributed by atoms with Crippen LogP contribution in [0.25, 0.3) is 0 Å². The maximum Gasteiger partial charge on any atom is 0.338 e. The molecule has 0 atom stereocenters. The van der Waals surface area contributed by atoms with Crippen LogP contribution in [-0.4, -0.2) is 18.7 Å². The first-order valence-electron chi connectivity index (χ1n) is 14.1. The second-order valence-electron chi connectivity index (χ2n) is 9.51. The Morgan fingerprint density at radius 3 is 1.48 bits per heavy atom. The predicted octanol–water partition coefficient (Wildman–Crippen LogP) is 9.67. The lowest BCUT2D eigenvalue weighted by molar-refractivity contribution is 0.0526. The van der Waals surface area contributed by atoms with Gasteiger partial charge < -0.3 is 9.47 Å². The average Bonchev–Trinajstić information content (AvgIpc) is 2.82. The zero-order valence-electron chi connectivity index (χ0n) is 22.0. The Hall–Kier alpha value is -1.51. The van der Waals surface area contributed by atoms with Gasteiger partial charge in [-0.25, -0.2) is 4.79 Å². The summed E-state index contributed by atoms with van der Waals surface area (Å²) < 4.78 is 11.5. The van der Waals surface area contributed by atoms with Crippen LogP contribution in [0.1, 0.15) is 147 Å². The third-order valence-corrected chi connectivity index (χ3v) is 6.43. The van der Waals surface area contributed by atoms with Gasteiger partial charge in [-0.2, -0.15) is 0 Å². The average molecular weight is 461 g/mol. The molecular weight excluding hydrogens is 408 g/mol. The SMILES string of the molecule is CCCCCCCCCCC(CCCCCCCCCC)Oc1ccc(C(=O)OCC)cc1. The first-order chi connectivity index (χ1) is 16.2. The molecule has 0 saturated carbocycles. The first kappa shape index (κ1) is 29.5. The van der Waals surface area contributed by atoms with Crippen LogP contribution in [0.4, 0.5) is 0 Å². The van der Waals surface area contributed by atoms with E-state index >= 15 is 0 Å². The number of esters is 1. The minimum absolute atomic E-state index is 0.265. The topological polar surface area (TPSA) is 35.5 Å². The second kappa shape index (κ2) is 21.1. The molecule has 1 aromatic rings. The van der Waals surface area contributed by atoms with Crippen molar-refractivity contribution in [2.75, 3.05) is 6.61 Å². The van der Waals surface area contributed by atoms with Crippen molar-refractivity contribution in [3.05, 3.63) is 29.8 Å². The molecule has 0 aromatic heterocycles. The lowest BCUT2D eigenvalue weighted by Gasteiger charge is -2.19. The molecular formula is C30H52O3. The van der Waals surface area contributed by atoms with E-state index in [-0.39, 0.29) is 12.1 Å². The van der Waals surface area contributed by atoms with E-state index in [2.05, 4.69) is 13.8 Å². The van der Waals surface area contributed by atoms with Gasteiger partial charge in [-0.1, -0.05) is 104 Å². The van der Waals surface area contributed by atoms with Crippen molar-refractivity contribution in [1.82, 2.24) is 0 Å². The largest absolute Gasteiger partial charge is 0.490 e. The van der Waals surface area contributed by atoms with Gasteiger partial charge in [0.15, 0.2) is 0 Å². The standard InChI is InChI=1S/C30H52O3/c1-4-7-9-11-13-15-17-19-21-28(22-20-18-16-14-12-10-8-5-2)33-29-25-23-27(24-26-29)30(31)32-6-3/h23-26,28H,4-22H2,1-3H3. The lowest BCUT2D eigenvalue weighted by Crippen LogP contribution is -2.16. The van der Waals surface area contributed by atoms with Crippen LogP contribution in [0.15, 0.2) is 24.3 Å². The summed E-state index contributed by atoms with van der Waals surface area (Å²) in [5, 5.41) is 0. The Bertz CT molecular complexity index is 546. The van der Waals surface area contributed by atoms with Gasteiger partial charge in [0.2, 0.25) is 0 Å². The molecule has 0 radical (unpaired) electrons. The minimum atomic E-state index is -0.265. The van der Waals surface area contributed by atoms with Crippen LogP contribution in [0.2, 0.25) is 0 Å². The van der Waals surface area contributed by atoms with Gasteiger partial charge in [-0.3, -0.25) is 0 Å². The van der Waals surface area contributed by atoms with Crippen molar-refractivity contribution in [3.8, 4) is 5.75 Å². The van der Waals surface area contributed by atoms with Crippen molar-refractivity contribution in [3.63, 3.8) is 0 Å². The molecule has 0 aliphatic rings. The predicted molar refractivity (Wildman–Crippen MR) is 141 cm³/mol. The van der Waals surface area contributed by atoms with Crippen molar-refractivity contribution in [2.45, 2.75) is 142 Å². The molecule has 0 bridgehead atoms. The summed E-state index contributed by atoms with van der Waals surface area (Å²) in [7, 11) is 0. The highest BCUT2D eigenvalue weighted by molar-refractivity contribution is 5.89. The van der Waals surface area contributed by atoms with Gasteiger partial charge in [-0.15, -0.1) is 0 Å². The van der Waals surface area contributed by atoms with Crippen molar-refractivity contribution in [2.24, 2.45) is 0 Å². The van der Waals surface area contributed by atoms with E-state index < -0.39 is 0 Å². The molecule has 0 fully saturated rings. The Balaban J connectivity index is 2.40. The molecule has 190 valence electrons. The van der Waals surface area contributed by atoms with Gasteiger partial charge >= 0.3 is 5.97 Å². The lowest BCUT2D eigenvalue weighted by atomic mass is 10.0. The summed E-state index contributed by atoms with van der Waals surface area (Å²) in [5.74, 6) is 0.602. The van der Waals surface area contributed by atoms with Crippen LogP contribution < -0.4 is 4.74 Å². The highest BCUT2D eigenvalue weighted by atomic mass is 16.5. The monoisotopic (exact) mass is 460 g/mol. The fourth-order valence-electron chi connectivity index (χ4n) is 4.35. The van der Waals surface area contributed by atoms with Crippen LogP contribution in [0, 0.1) is 0 Å². The number of hydrogen-bond acceptors (Lipinski definition) is 3. The summed E-state index contributed by atoms with van der Waals surface area (Å²) in [6.07, 6.45) is 24.0. The molecule has 3 heteroatoms. The van der Waals surface area contributed by atoms with E-state index in [1.54, 1.807) is 0 Å². The van der Waals surface area contributed by atoms with Crippen molar-refractivity contribution >= 4 is 5.97 Å².